The maximum Gasteiger partial charge on any atom is 0.168 e. The number of hydrogen-bond acceptors (Lipinski definition) is 5. The van der Waals surface area contributed by atoms with Crippen molar-refractivity contribution in [2.24, 2.45) is 0 Å². The van der Waals surface area contributed by atoms with E-state index >= 15 is 0 Å². The second-order valence-corrected chi connectivity index (χ2v) is 5.65. The molecule has 150 valence electrons. The minimum absolute atomic E-state index is 0.171. The molecule has 2 N–H and O–H groups in total. The molecule has 1 rings (SSSR count). The van der Waals surface area contributed by atoms with E-state index in [-0.39, 0.29) is 29.8 Å². The summed E-state index contributed by atoms with van der Waals surface area (Å²) in [6.45, 7) is 14.7. The summed E-state index contributed by atoms with van der Waals surface area (Å²) in [5, 5.41) is 19.7. The van der Waals surface area contributed by atoms with Gasteiger partial charge in [0.2, 0.25) is 0 Å². The van der Waals surface area contributed by atoms with Gasteiger partial charge in [0, 0.05) is 19.0 Å². The number of nitrogens with zero attached hydrogens (tertiary/aromatic N) is 1. The average Bonchev–Trinajstić information content (AvgIpc) is 2.71. The van der Waals surface area contributed by atoms with Gasteiger partial charge in [-0.15, -0.1) is 18.9 Å². The second kappa shape index (κ2) is 12.9. The van der Waals surface area contributed by atoms with Gasteiger partial charge in [-0.1, -0.05) is 19.2 Å². The zero-order chi connectivity index (χ0) is 21.7. The number of Topliss-reactive ketones (excluding diaryl/α,β-unsaturated/α-hetero) is 1. The summed E-state index contributed by atoms with van der Waals surface area (Å²) in [5.41, 5.74) is 0.628. The molecule has 0 bridgehead atoms. The minimum atomic E-state index is -0.363. The SMILES string of the molecule is C#CC.C=C/C(O)=C(/O)c1ccc(OCC)c(C(=O)CC(C=C)N(C)C=C)c1. The molecule has 1 atom stereocenters. The summed E-state index contributed by atoms with van der Waals surface area (Å²) < 4.78 is 5.52. The fraction of sp³-hybridized carbons (Fsp3) is 0.261. The first-order valence-electron chi connectivity index (χ1n) is 8.70. The highest BCUT2D eigenvalue weighted by Crippen LogP contribution is 2.26. The summed E-state index contributed by atoms with van der Waals surface area (Å²) in [5.74, 6) is 1.79. The highest BCUT2D eigenvalue weighted by Gasteiger charge is 2.20. The van der Waals surface area contributed by atoms with Gasteiger partial charge < -0.3 is 19.8 Å². The Morgan fingerprint density at radius 2 is 1.96 bits per heavy atom. The molecular weight excluding hydrogens is 354 g/mol. The third-order valence-electron chi connectivity index (χ3n) is 3.77. The van der Waals surface area contributed by atoms with Crippen molar-refractivity contribution in [2.45, 2.75) is 26.3 Å². The summed E-state index contributed by atoms with van der Waals surface area (Å²) in [6.07, 6.45) is 9.19. The molecule has 5 heteroatoms. The van der Waals surface area contributed by atoms with Crippen LogP contribution in [0, 0.1) is 12.3 Å². The predicted octanol–water partition coefficient (Wildman–Crippen LogP) is 4.90. The van der Waals surface area contributed by atoms with Crippen molar-refractivity contribution in [3.63, 3.8) is 0 Å². The van der Waals surface area contributed by atoms with Gasteiger partial charge in [0.1, 0.15) is 5.75 Å². The van der Waals surface area contributed by atoms with Crippen LogP contribution < -0.4 is 4.74 Å². The van der Waals surface area contributed by atoms with Crippen molar-refractivity contribution in [3.8, 4) is 18.1 Å². The number of carbonyl (C=O) groups is 1. The number of benzene rings is 1. The van der Waals surface area contributed by atoms with Gasteiger partial charge in [-0.25, -0.2) is 0 Å². The van der Waals surface area contributed by atoms with Crippen molar-refractivity contribution in [2.75, 3.05) is 13.7 Å². The number of ketones is 1. The van der Waals surface area contributed by atoms with Crippen LogP contribution in [0.15, 0.2) is 62.0 Å². The van der Waals surface area contributed by atoms with E-state index < -0.39 is 0 Å². The molecule has 0 amide bonds. The van der Waals surface area contributed by atoms with E-state index in [2.05, 4.69) is 32.1 Å². The molecule has 0 aliphatic rings. The predicted molar refractivity (Wildman–Crippen MR) is 115 cm³/mol. The average molecular weight is 383 g/mol. The number of hydrogen-bond donors (Lipinski definition) is 2. The molecule has 0 aliphatic heterocycles. The summed E-state index contributed by atoms with van der Waals surface area (Å²) >= 11 is 0. The van der Waals surface area contributed by atoms with Crippen LogP contribution in [-0.2, 0) is 0 Å². The molecule has 5 nitrogen and oxygen atoms in total. The monoisotopic (exact) mass is 383 g/mol. The topological polar surface area (TPSA) is 70.0 Å². The van der Waals surface area contributed by atoms with Crippen LogP contribution in [0.3, 0.4) is 0 Å². The maximum absolute atomic E-state index is 12.8. The first-order chi connectivity index (χ1) is 13.3. The third-order valence-corrected chi connectivity index (χ3v) is 3.77. The molecule has 1 aromatic carbocycles. The molecule has 0 fully saturated rings. The van der Waals surface area contributed by atoms with E-state index in [0.717, 1.165) is 6.08 Å². The Hall–Kier alpha value is -3.39. The van der Waals surface area contributed by atoms with E-state index in [1.54, 1.807) is 36.2 Å². The number of rotatable bonds is 10. The standard InChI is InChI=1S/C20H25NO4.C3H4/c1-6-15(21(5)8-3)13-18(23)16-12-14(20(24)17(22)7-2)10-11-19(16)25-9-4;1-3-2/h6-8,10-12,15,22,24H,1-3,9,13H2,4-5H3;1H,2H3/b20-17-;. The normalized spacial score (nSPS) is 11.5. The van der Waals surface area contributed by atoms with Crippen LogP contribution in [0.4, 0.5) is 0 Å². The smallest absolute Gasteiger partial charge is 0.168 e. The van der Waals surface area contributed by atoms with Gasteiger partial charge in [0.25, 0.3) is 0 Å². The molecule has 0 aromatic heterocycles. The Morgan fingerprint density at radius 3 is 2.43 bits per heavy atom. The molecule has 0 spiro atoms. The van der Waals surface area contributed by atoms with Gasteiger partial charge in [-0.2, -0.15) is 0 Å². The largest absolute Gasteiger partial charge is 0.504 e. The third kappa shape index (κ3) is 7.08. The van der Waals surface area contributed by atoms with Crippen molar-refractivity contribution in [1.82, 2.24) is 4.90 Å². The van der Waals surface area contributed by atoms with Crippen molar-refractivity contribution in [3.05, 3.63) is 73.2 Å². The molecule has 0 aliphatic carbocycles. The fourth-order valence-corrected chi connectivity index (χ4v) is 2.25. The number of likely N-dealkylation sites (N-methyl/N-ethyl adjacent to an activating group) is 1. The summed E-state index contributed by atoms with van der Waals surface area (Å²) in [6, 6.07) is 4.45. The lowest BCUT2D eigenvalue weighted by molar-refractivity contribution is 0.0958. The molecule has 1 unspecified atom stereocenters. The Morgan fingerprint density at radius 1 is 1.36 bits per heavy atom. The summed E-state index contributed by atoms with van der Waals surface area (Å²) in [7, 11) is 1.81. The van der Waals surface area contributed by atoms with Crippen molar-refractivity contribution in [1.29, 1.82) is 0 Å². The van der Waals surface area contributed by atoms with Crippen molar-refractivity contribution >= 4 is 11.5 Å². The van der Waals surface area contributed by atoms with Crippen LogP contribution in [-0.4, -0.2) is 40.6 Å². The Bertz CT molecular complexity index is 771. The number of allylic oxidation sites excluding steroid dienone is 1. The molecular formula is C23H29NO4. The molecule has 0 saturated heterocycles. The molecule has 0 radical (unpaired) electrons. The first-order valence-corrected chi connectivity index (χ1v) is 8.70. The van der Waals surface area contributed by atoms with Crippen LogP contribution in [0.5, 0.6) is 5.75 Å². The van der Waals surface area contributed by atoms with Gasteiger partial charge >= 0.3 is 0 Å². The Labute approximate surface area is 168 Å². The fourth-order valence-electron chi connectivity index (χ4n) is 2.25. The molecule has 0 heterocycles. The maximum atomic E-state index is 12.8. The van der Waals surface area contributed by atoms with Crippen LogP contribution in [0.25, 0.3) is 5.76 Å². The lowest BCUT2D eigenvalue weighted by Gasteiger charge is -2.23. The lowest BCUT2D eigenvalue weighted by atomic mass is 9.99. The number of terminal acetylenes is 1. The van der Waals surface area contributed by atoms with Gasteiger partial charge in [0.05, 0.1) is 18.2 Å². The van der Waals surface area contributed by atoms with E-state index in [9.17, 15) is 15.0 Å². The van der Waals surface area contributed by atoms with Crippen LogP contribution in [0.1, 0.15) is 36.2 Å². The van der Waals surface area contributed by atoms with E-state index in [0.29, 0.717) is 23.5 Å². The van der Waals surface area contributed by atoms with E-state index in [4.69, 9.17) is 4.74 Å². The number of aliphatic hydroxyl groups excluding tert-OH is 2. The highest BCUT2D eigenvalue weighted by atomic mass is 16.5. The molecule has 0 saturated carbocycles. The molecule has 28 heavy (non-hydrogen) atoms. The van der Waals surface area contributed by atoms with Crippen molar-refractivity contribution < 1.29 is 19.7 Å². The zero-order valence-corrected chi connectivity index (χ0v) is 16.8. The summed E-state index contributed by atoms with van der Waals surface area (Å²) in [4.78, 5) is 14.6. The second-order valence-electron chi connectivity index (χ2n) is 5.65. The Balaban J connectivity index is 0.00000227. The minimum Gasteiger partial charge on any atom is -0.504 e. The van der Waals surface area contributed by atoms with E-state index in [1.165, 1.54) is 6.07 Å². The zero-order valence-electron chi connectivity index (χ0n) is 16.8. The van der Waals surface area contributed by atoms with Gasteiger partial charge in [0.15, 0.2) is 17.3 Å². The Kier molecular flexibility index (Phi) is 11.3. The van der Waals surface area contributed by atoms with Gasteiger partial charge in [-0.05, 0) is 44.3 Å². The lowest BCUT2D eigenvalue weighted by Crippen LogP contribution is -2.27. The number of aliphatic hydroxyl groups is 2. The van der Waals surface area contributed by atoms with Gasteiger partial charge in [-0.3, -0.25) is 4.79 Å². The van der Waals surface area contributed by atoms with E-state index in [1.807, 2.05) is 14.0 Å². The van der Waals surface area contributed by atoms with Crippen LogP contribution >= 0.6 is 0 Å². The molecule has 1 aromatic rings. The number of carbonyl (C=O) groups excluding carboxylic acids is 1. The quantitative estimate of drug-likeness (QED) is 0.198. The highest BCUT2D eigenvalue weighted by molar-refractivity contribution is 6.00. The number of ether oxygens (including phenoxy) is 1. The first kappa shape index (κ1) is 24.6. The van der Waals surface area contributed by atoms with Crippen LogP contribution in [0.2, 0.25) is 0 Å².